The van der Waals surface area contributed by atoms with Crippen molar-refractivity contribution in [3.63, 3.8) is 0 Å². The molecule has 0 saturated heterocycles. The molecule has 2 aromatic rings. The van der Waals surface area contributed by atoms with Crippen molar-refractivity contribution in [3.8, 4) is 0 Å². The SMILES string of the molecule is Cc1cccnc1NC(=O)C(=O)N1CCc2ccccc2C1. The zero-order chi connectivity index (χ0) is 15.5. The lowest BCUT2D eigenvalue weighted by Gasteiger charge is -2.28. The molecule has 3 rings (SSSR count). The van der Waals surface area contributed by atoms with Gasteiger partial charge in [0.15, 0.2) is 0 Å². The Morgan fingerprint density at radius 1 is 1.14 bits per heavy atom. The standard InChI is InChI=1S/C17H17N3O2/c1-12-5-4-9-18-15(12)19-16(21)17(22)20-10-8-13-6-2-3-7-14(13)11-20/h2-7,9H,8,10-11H2,1H3,(H,18,19,21). The van der Waals surface area contributed by atoms with Crippen LogP contribution in [0, 0.1) is 6.92 Å². The maximum absolute atomic E-state index is 12.3. The van der Waals surface area contributed by atoms with Gasteiger partial charge in [-0.3, -0.25) is 9.59 Å². The second-order valence-electron chi connectivity index (χ2n) is 5.37. The van der Waals surface area contributed by atoms with Gasteiger partial charge in [-0.2, -0.15) is 0 Å². The van der Waals surface area contributed by atoms with Gasteiger partial charge in [0.05, 0.1) is 0 Å². The molecule has 0 saturated carbocycles. The number of aryl methyl sites for hydroxylation is 1. The highest BCUT2D eigenvalue weighted by Crippen LogP contribution is 2.19. The molecular weight excluding hydrogens is 278 g/mol. The van der Waals surface area contributed by atoms with Crippen LogP contribution in [0.2, 0.25) is 0 Å². The third-order valence-corrected chi connectivity index (χ3v) is 3.85. The molecule has 1 aromatic carbocycles. The molecule has 1 aromatic heterocycles. The third-order valence-electron chi connectivity index (χ3n) is 3.85. The van der Waals surface area contributed by atoms with Crippen molar-refractivity contribution in [2.75, 3.05) is 11.9 Å². The molecule has 0 bridgehead atoms. The summed E-state index contributed by atoms with van der Waals surface area (Å²) >= 11 is 0. The number of pyridine rings is 1. The maximum atomic E-state index is 12.3. The van der Waals surface area contributed by atoms with Crippen molar-refractivity contribution < 1.29 is 9.59 Å². The Balaban J connectivity index is 1.70. The zero-order valence-electron chi connectivity index (χ0n) is 12.4. The van der Waals surface area contributed by atoms with E-state index in [9.17, 15) is 9.59 Å². The number of anilines is 1. The Kier molecular flexibility index (Phi) is 3.87. The van der Waals surface area contributed by atoms with E-state index in [4.69, 9.17) is 0 Å². The first-order valence-corrected chi connectivity index (χ1v) is 7.24. The van der Waals surface area contributed by atoms with Crippen LogP contribution in [0.1, 0.15) is 16.7 Å². The second-order valence-corrected chi connectivity index (χ2v) is 5.37. The van der Waals surface area contributed by atoms with E-state index in [-0.39, 0.29) is 0 Å². The van der Waals surface area contributed by atoms with Crippen molar-refractivity contribution in [2.45, 2.75) is 19.9 Å². The molecule has 0 spiro atoms. The first-order chi connectivity index (χ1) is 10.6. The molecule has 1 N–H and O–H groups in total. The fourth-order valence-corrected chi connectivity index (χ4v) is 2.59. The van der Waals surface area contributed by atoms with Gasteiger partial charge in [-0.15, -0.1) is 0 Å². The molecule has 22 heavy (non-hydrogen) atoms. The average molecular weight is 295 g/mol. The number of amides is 2. The highest BCUT2D eigenvalue weighted by atomic mass is 16.2. The normalized spacial score (nSPS) is 13.4. The first kappa shape index (κ1) is 14.3. The van der Waals surface area contributed by atoms with Crippen molar-refractivity contribution in [1.29, 1.82) is 0 Å². The maximum Gasteiger partial charge on any atom is 0.315 e. The largest absolute Gasteiger partial charge is 0.330 e. The first-order valence-electron chi connectivity index (χ1n) is 7.24. The lowest BCUT2D eigenvalue weighted by Crippen LogP contribution is -2.42. The summed E-state index contributed by atoms with van der Waals surface area (Å²) in [6.45, 7) is 2.87. The van der Waals surface area contributed by atoms with Crippen LogP contribution in [0.25, 0.3) is 0 Å². The molecule has 2 heterocycles. The summed E-state index contributed by atoms with van der Waals surface area (Å²) in [6, 6.07) is 11.6. The second kappa shape index (κ2) is 5.97. The van der Waals surface area contributed by atoms with E-state index in [1.165, 1.54) is 5.56 Å². The third kappa shape index (κ3) is 2.83. The monoisotopic (exact) mass is 295 g/mol. The van der Waals surface area contributed by atoms with Gasteiger partial charge in [0.2, 0.25) is 0 Å². The summed E-state index contributed by atoms with van der Waals surface area (Å²) in [4.78, 5) is 30.1. The van der Waals surface area contributed by atoms with Crippen LogP contribution in [0.15, 0.2) is 42.6 Å². The minimum absolute atomic E-state index is 0.429. The lowest BCUT2D eigenvalue weighted by atomic mass is 10.00. The van der Waals surface area contributed by atoms with Crippen molar-refractivity contribution in [1.82, 2.24) is 9.88 Å². The van der Waals surface area contributed by atoms with Gasteiger partial charge in [-0.1, -0.05) is 30.3 Å². The topological polar surface area (TPSA) is 62.3 Å². The number of nitrogens with one attached hydrogen (secondary N) is 1. The fourth-order valence-electron chi connectivity index (χ4n) is 2.59. The molecule has 5 nitrogen and oxygen atoms in total. The number of carbonyl (C=O) groups is 2. The van der Waals surface area contributed by atoms with E-state index in [2.05, 4.69) is 16.4 Å². The van der Waals surface area contributed by atoms with E-state index in [1.54, 1.807) is 17.2 Å². The molecule has 0 unspecified atom stereocenters. The number of benzene rings is 1. The van der Waals surface area contributed by atoms with Crippen LogP contribution in [0.3, 0.4) is 0 Å². The predicted octanol–water partition coefficient (Wildman–Crippen LogP) is 1.91. The molecule has 0 radical (unpaired) electrons. The van der Waals surface area contributed by atoms with Gasteiger partial charge in [-0.05, 0) is 36.1 Å². The number of carbonyl (C=O) groups excluding carboxylic acids is 2. The summed E-state index contributed by atoms with van der Waals surface area (Å²) < 4.78 is 0. The van der Waals surface area contributed by atoms with Gasteiger partial charge in [-0.25, -0.2) is 4.98 Å². The molecule has 0 atom stereocenters. The molecular formula is C17H17N3O2. The van der Waals surface area contributed by atoms with E-state index in [0.717, 1.165) is 17.5 Å². The number of hydrogen-bond donors (Lipinski definition) is 1. The Morgan fingerprint density at radius 3 is 2.68 bits per heavy atom. The fraction of sp³-hybridized carbons (Fsp3) is 0.235. The van der Waals surface area contributed by atoms with E-state index < -0.39 is 11.8 Å². The highest BCUT2D eigenvalue weighted by Gasteiger charge is 2.26. The highest BCUT2D eigenvalue weighted by molar-refractivity contribution is 6.39. The molecule has 1 aliphatic heterocycles. The minimum atomic E-state index is -0.638. The van der Waals surface area contributed by atoms with E-state index in [1.807, 2.05) is 31.2 Å². The van der Waals surface area contributed by atoms with Gasteiger partial charge in [0, 0.05) is 19.3 Å². The van der Waals surface area contributed by atoms with Crippen LogP contribution >= 0.6 is 0 Å². The van der Waals surface area contributed by atoms with Crippen molar-refractivity contribution in [3.05, 3.63) is 59.3 Å². The van der Waals surface area contributed by atoms with Crippen LogP contribution in [-0.2, 0) is 22.6 Å². The Hall–Kier alpha value is -2.69. The lowest BCUT2D eigenvalue weighted by molar-refractivity contribution is -0.143. The van der Waals surface area contributed by atoms with Crippen LogP contribution < -0.4 is 5.32 Å². The smallest absolute Gasteiger partial charge is 0.315 e. The number of rotatable bonds is 1. The zero-order valence-corrected chi connectivity index (χ0v) is 12.4. The Bertz CT molecular complexity index is 727. The quantitative estimate of drug-likeness (QED) is 0.818. The van der Waals surface area contributed by atoms with Crippen LogP contribution in [-0.4, -0.2) is 28.2 Å². The van der Waals surface area contributed by atoms with Crippen LogP contribution in [0.4, 0.5) is 5.82 Å². The van der Waals surface area contributed by atoms with Gasteiger partial charge in [0.1, 0.15) is 5.82 Å². The van der Waals surface area contributed by atoms with E-state index in [0.29, 0.717) is 18.9 Å². The molecule has 1 aliphatic rings. The van der Waals surface area contributed by atoms with Crippen molar-refractivity contribution >= 4 is 17.6 Å². The number of nitrogens with zero attached hydrogens (tertiary/aromatic N) is 2. The molecule has 0 aliphatic carbocycles. The van der Waals surface area contributed by atoms with Gasteiger partial charge in [0.25, 0.3) is 0 Å². The molecule has 0 fully saturated rings. The number of fused-ring (bicyclic) bond motifs is 1. The van der Waals surface area contributed by atoms with E-state index >= 15 is 0 Å². The van der Waals surface area contributed by atoms with Crippen LogP contribution in [0.5, 0.6) is 0 Å². The Labute approximate surface area is 129 Å². The van der Waals surface area contributed by atoms with Gasteiger partial charge >= 0.3 is 11.8 Å². The number of hydrogen-bond acceptors (Lipinski definition) is 3. The Morgan fingerprint density at radius 2 is 1.91 bits per heavy atom. The summed E-state index contributed by atoms with van der Waals surface area (Å²) in [5.41, 5.74) is 3.17. The summed E-state index contributed by atoms with van der Waals surface area (Å²) in [5.74, 6) is -0.723. The average Bonchev–Trinajstić information content (AvgIpc) is 2.55. The predicted molar refractivity (Wildman–Crippen MR) is 83.2 cm³/mol. The molecule has 112 valence electrons. The molecule has 2 amide bonds. The minimum Gasteiger partial charge on any atom is -0.330 e. The summed E-state index contributed by atoms with van der Waals surface area (Å²) in [5, 5.41) is 2.59. The number of aromatic nitrogens is 1. The summed E-state index contributed by atoms with van der Waals surface area (Å²) in [7, 11) is 0. The van der Waals surface area contributed by atoms with Gasteiger partial charge < -0.3 is 10.2 Å². The summed E-state index contributed by atoms with van der Waals surface area (Å²) in [6.07, 6.45) is 2.36. The van der Waals surface area contributed by atoms with Crippen molar-refractivity contribution in [2.24, 2.45) is 0 Å². The molecule has 5 heteroatoms.